The molecule has 1 fully saturated rings. The fourth-order valence-corrected chi connectivity index (χ4v) is 5.87. The Hall–Kier alpha value is -3.65. The molecule has 2 aromatic carbocycles. The number of carboxylic acid groups (broad SMARTS) is 1. The van der Waals surface area contributed by atoms with Gasteiger partial charge in [0.15, 0.2) is 0 Å². The summed E-state index contributed by atoms with van der Waals surface area (Å²) in [6, 6.07) is 18.7. The molecule has 0 aliphatic heterocycles. The maximum Gasteiger partial charge on any atom is 0.408 e. The van der Waals surface area contributed by atoms with E-state index in [1.165, 1.54) is 11.3 Å². The molecule has 3 N–H and O–H groups in total. The van der Waals surface area contributed by atoms with Crippen molar-refractivity contribution in [1.29, 1.82) is 0 Å². The van der Waals surface area contributed by atoms with E-state index in [2.05, 4.69) is 34.9 Å². The maximum atomic E-state index is 13.1. The number of alkyl carbamates (subject to hydrolysis) is 1. The number of carboxylic acids is 1. The lowest BCUT2D eigenvalue weighted by atomic mass is 9.98. The SMILES string of the molecule is O=C(NC(C(=O)NC1CCC(C(=O)O)C1)c1cccs1)OCC1c2ccccc2-c2ccccc21. The molecule has 2 aliphatic rings. The van der Waals surface area contributed by atoms with Gasteiger partial charge in [0.1, 0.15) is 12.6 Å². The molecule has 3 unspecified atom stereocenters. The van der Waals surface area contributed by atoms with Crippen LogP contribution in [0.5, 0.6) is 0 Å². The van der Waals surface area contributed by atoms with Crippen LogP contribution < -0.4 is 10.6 Å². The molecule has 8 heteroatoms. The first-order chi connectivity index (χ1) is 17.0. The Morgan fingerprint density at radius 1 is 0.971 bits per heavy atom. The fourth-order valence-electron chi connectivity index (χ4n) is 5.10. The minimum atomic E-state index is -0.908. The van der Waals surface area contributed by atoms with Gasteiger partial charge in [0.25, 0.3) is 0 Å². The monoisotopic (exact) mass is 490 g/mol. The average molecular weight is 491 g/mol. The molecule has 0 spiro atoms. The highest BCUT2D eigenvalue weighted by molar-refractivity contribution is 7.10. The van der Waals surface area contributed by atoms with Crippen molar-refractivity contribution in [3.63, 3.8) is 0 Å². The Labute approximate surface area is 207 Å². The summed E-state index contributed by atoms with van der Waals surface area (Å²) in [5, 5.41) is 16.7. The zero-order valence-corrected chi connectivity index (χ0v) is 19.8. The lowest BCUT2D eigenvalue weighted by Gasteiger charge is -2.21. The number of nitrogens with one attached hydrogen (secondary N) is 2. The number of carbonyl (C=O) groups excluding carboxylic acids is 2. The van der Waals surface area contributed by atoms with Crippen molar-refractivity contribution in [3.05, 3.63) is 82.0 Å². The molecule has 0 radical (unpaired) electrons. The lowest BCUT2D eigenvalue weighted by molar-refractivity contribution is -0.141. The van der Waals surface area contributed by atoms with E-state index < -0.39 is 24.0 Å². The second kappa shape index (κ2) is 9.92. The maximum absolute atomic E-state index is 13.1. The van der Waals surface area contributed by atoms with E-state index in [0.29, 0.717) is 24.1 Å². The van der Waals surface area contributed by atoms with Crippen LogP contribution >= 0.6 is 11.3 Å². The number of hydrogen-bond donors (Lipinski definition) is 3. The van der Waals surface area contributed by atoms with Gasteiger partial charge in [0, 0.05) is 16.8 Å². The van der Waals surface area contributed by atoms with Crippen LogP contribution in [0.3, 0.4) is 0 Å². The van der Waals surface area contributed by atoms with Crippen molar-refractivity contribution in [2.45, 2.75) is 37.3 Å². The molecule has 1 heterocycles. The number of amides is 2. The van der Waals surface area contributed by atoms with E-state index in [1.54, 1.807) is 6.07 Å². The Kier molecular flexibility index (Phi) is 6.55. The Morgan fingerprint density at radius 2 is 1.66 bits per heavy atom. The molecule has 1 aromatic heterocycles. The molecule has 0 saturated heterocycles. The molecule has 3 atom stereocenters. The van der Waals surface area contributed by atoms with E-state index in [9.17, 15) is 19.5 Å². The topological polar surface area (TPSA) is 105 Å². The number of rotatable bonds is 7. The zero-order chi connectivity index (χ0) is 24.4. The van der Waals surface area contributed by atoms with Gasteiger partial charge in [-0.15, -0.1) is 11.3 Å². The second-order valence-corrected chi connectivity index (χ2v) is 9.95. The van der Waals surface area contributed by atoms with Crippen LogP contribution in [0.25, 0.3) is 11.1 Å². The highest BCUT2D eigenvalue weighted by Crippen LogP contribution is 2.44. The molecule has 35 heavy (non-hydrogen) atoms. The van der Waals surface area contributed by atoms with Gasteiger partial charge in [-0.1, -0.05) is 54.6 Å². The van der Waals surface area contributed by atoms with Gasteiger partial charge in [0.2, 0.25) is 5.91 Å². The van der Waals surface area contributed by atoms with Crippen molar-refractivity contribution < 1.29 is 24.2 Å². The van der Waals surface area contributed by atoms with E-state index in [1.807, 2.05) is 35.7 Å². The smallest absolute Gasteiger partial charge is 0.408 e. The van der Waals surface area contributed by atoms with Crippen molar-refractivity contribution in [2.24, 2.45) is 5.92 Å². The molecular weight excluding hydrogens is 464 g/mol. The summed E-state index contributed by atoms with van der Waals surface area (Å²) in [4.78, 5) is 37.8. The molecule has 7 nitrogen and oxygen atoms in total. The highest BCUT2D eigenvalue weighted by Gasteiger charge is 2.34. The lowest BCUT2D eigenvalue weighted by Crippen LogP contribution is -2.43. The minimum absolute atomic E-state index is 0.0754. The third-order valence-corrected chi connectivity index (χ3v) is 7.76. The van der Waals surface area contributed by atoms with Crippen molar-refractivity contribution in [3.8, 4) is 11.1 Å². The van der Waals surface area contributed by atoms with Crippen LogP contribution in [0, 0.1) is 5.92 Å². The summed E-state index contributed by atoms with van der Waals surface area (Å²) < 4.78 is 5.63. The first kappa shape index (κ1) is 23.1. The van der Waals surface area contributed by atoms with Crippen LogP contribution in [0.2, 0.25) is 0 Å². The van der Waals surface area contributed by atoms with Crippen LogP contribution in [-0.4, -0.2) is 35.7 Å². The summed E-state index contributed by atoms with van der Waals surface area (Å²) in [7, 11) is 0. The Morgan fingerprint density at radius 3 is 2.26 bits per heavy atom. The Bertz CT molecular complexity index is 1200. The average Bonchev–Trinajstić information content (AvgIpc) is 3.61. The predicted octanol–water partition coefficient (Wildman–Crippen LogP) is 4.70. The zero-order valence-electron chi connectivity index (χ0n) is 19.0. The third-order valence-electron chi connectivity index (χ3n) is 6.82. The molecule has 2 amide bonds. The number of carbonyl (C=O) groups is 3. The summed E-state index contributed by atoms with van der Waals surface area (Å²) >= 11 is 1.36. The van der Waals surface area contributed by atoms with Gasteiger partial charge < -0.3 is 20.5 Å². The van der Waals surface area contributed by atoms with Gasteiger partial charge in [0.05, 0.1) is 5.92 Å². The molecule has 180 valence electrons. The van der Waals surface area contributed by atoms with Crippen LogP contribution in [-0.2, 0) is 14.3 Å². The van der Waals surface area contributed by atoms with Gasteiger partial charge in [-0.25, -0.2) is 4.79 Å². The first-order valence-corrected chi connectivity index (χ1v) is 12.6. The van der Waals surface area contributed by atoms with Gasteiger partial charge >= 0.3 is 12.1 Å². The summed E-state index contributed by atoms with van der Waals surface area (Å²) in [6.45, 7) is 0.154. The van der Waals surface area contributed by atoms with E-state index >= 15 is 0 Å². The number of thiophene rings is 1. The summed E-state index contributed by atoms with van der Waals surface area (Å²) in [5.41, 5.74) is 4.51. The number of fused-ring (bicyclic) bond motifs is 3. The fraction of sp³-hybridized carbons (Fsp3) is 0.296. The van der Waals surface area contributed by atoms with Gasteiger partial charge in [-0.3, -0.25) is 9.59 Å². The number of benzene rings is 2. The van der Waals surface area contributed by atoms with Crippen molar-refractivity contribution in [1.82, 2.24) is 10.6 Å². The van der Waals surface area contributed by atoms with E-state index in [4.69, 9.17) is 4.74 Å². The van der Waals surface area contributed by atoms with Crippen molar-refractivity contribution in [2.75, 3.05) is 6.61 Å². The van der Waals surface area contributed by atoms with Crippen LogP contribution in [0.15, 0.2) is 66.0 Å². The number of ether oxygens (including phenoxy) is 1. The summed E-state index contributed by atoms with van der Waals surface area (Å²) in [6.07, 6.45) is 0.854. The normalized spacial score (nSPS) is 19.4. The second-order valence-electron chi connectivity index (χ2n) is 8.97. The number of hydrogen-bond acceptors (Lipinski definition) is 5. The summed E-state index contributed by atoms with van der Waals surface area (Å²) in [5.74, 6) is -1.73. The van der Waals surface area contributed by atoms with Crippen LogP contribution in [0.4, 0.5) is 4.79 Å². The minimum Gasteiger partial charge on any atom is -0.481 e. The third kappa shape index (κ3) is 4.79. The molecule has 2 aliphatic carbocycles. The standard InChI is InChI=1S/C27H26N2O5S/c30-25(28-17-12-11-16(14-17)26(31)32)24(23-10-5-13-35-23)29-27(33)34-15-22-20-8-3-1-6-18(20)19-7-2-4-9-21(19)22/h1-10,13,16-17,22,24H,11-12,14-15H2,(H,28,30)(H,29,33)(H,31,32). The molecule has 5 rings (SSSR count). The quantitative estimate of drug-likeness (QED) is 0.445. The van der Waals surface area contributed by atoms with Crippen molar-refractivity contribution >= 4 is 29.3 Å². The predicted molar refractivity (Wildman–Crippen MR) is 132 cm³/mol. The first-order valence-electron chi connectivity index (χ1n) is 11.7. The number of aliphatic carboxylic acids is 1. The highest BCUT2D eigenvalue weighted by atomic mass is 32.1. The molecule has 3 aromatic rings. The van der Waals surface area contributed by atoms with E-state index in [-0.39, 0.29) is 24.5 Å². The molecule has 0 bridgehead atoms. The van der Waals surface area contributed by atoms with E-state index in [0.717, 1.165) is 22.3 Å². The largest absolute Gasteiger partial charge is 0.481 e. The van der Waals surface area contributed by atoms with Gasteiger partial charge in [-0.05, 0) is 53.0 Å². The molecule has 1 saturated carbocycles. The van der Waals surface area contributed by atoms with Gasteiger partial charge in [-0.2, -0.15) is 0 Å². The Balaban J connectivity index is 1.25. The molecular formula is C27H26N2O5S. The van der Waals surface area contributed by atoms with Crippen LogP contribution in [0.1, 0.15) is 47.2 Å².